The van der Waals surface area contributed by atoms with Crippen LogP contribution in [0.2, 0.25) is 0 Å². The van der Waals surface area contributed by atoms with Crippen LogP contribution in [0.1, 0.15) is 51.3 Å². The average molecular weight is 587 g/mol. The average Bonchev–Trinajstić information content (AvgIpc) is 3.26. The lowest BCUT2D eigenvalue weighted by molar-refractivity contribution is -0.113. The monoisotopic (exact) mass is 585 g/mol. The maximum absolute atomic E-state index is 13.8. The molecule has 37 heavy (non-hydrogen) atoms. The number of carbonyl (C=O) groups excluding carboxylic acids is 1. The Kier molecular flexibility index (Phi) is 8.81. The maximum atomic E-state index is 13.8. The minimum Gasteiger partial charge on any atom is -0.490 e. The van der Waals surface area contributed by atoms with Gasteiger partial charge in [0.2, 0.25) is 11.1 Å². The summed E-state index contributed by atoms with van der Waals surface area (Å²) in [5.74, 6) is 2.52. The summed E-state index contributed by atoms with van der Waals surface area (Å²) in [7, 11) is 0. The summed E-state index contributed by atoms with van der Waals surface area (Å²) in [6.45, 7) is 10.8. The summed E-state index contributed by atoms with van der Waals surface area (Å²) in [4.78, 5) is 18.5. The summed E-state index contributed by atoms with van der Waals surface area (Å²) in [5, 5.41) is 11.8. The van der Waals surface area contributed by atoms with Crippen molar-refractivity contribution in [3.63, 3.8) is 0 Å². The molecule has 0 aliphatic carbocycles. The third-order valence-electron chi connectivity index (χ3n) is 5.73. The molecule has 3 aromatic rings. The Bertz CT molecular complexity index is 1320. The molecule has 2 N–H and O–H groups in total. The number of aromatic nitrogens is 3. The molecular formula is C27H32BrN5O3S. The van der Waals surface area contributed by atoms with Crippen LogP contribution in [-0.4, -0.2) is 39.6 Å². The number of aryl methyl sites for hydroxylation is 1. The van der Waals surface area contributed by atoms with Gasteiger partial charge in [-0.2, -0.15) is 4.98 Å². The summed E-state index contributed by atoms with van der Waals surface area (Å²) in [6.07, 6.45) is 1.01. The van der Waals surface area contributed by atoms with E-state index in [1.807, 2.05) is 64.1 Å². The van der Waals surface area contributed by atoms with Crippen LogP contribution in [-0.2, 0) is 4.79 Å². The quantitative estimate of drug-likeness (QED) is 0.260. The zero-order valence-corrected chi connectivity index (χ0v) is 24.1. The number of rotatable bonds is 10. The predicted octanol–water partition coefficient (Wildman–Crippen LogP) is 6.58. The SMILES string of the molecule is CCCSc1nc2n(n1)C(c1cc(Br)c(OCC)c(OCC)c1)C(C(=O)Nc1cccc(C)c1)=C(C)N2. The Morgan fingerprint density at radius 3 is 2.65 bits per heavy atom. The number of fused-ring (bicyclic) bond motifs is 1. The number of hydrogen-bond donors (Lipinski definition) is 2. The van der Waals surface area contributed by atoms with Gasteiger partial charge in [0, 0.05) is 17.1 Å². The minimum absolute atomic E-state index is 0.215. The fourth-order valence-electron chi connectivity index (χ4n) is 4.20. The lowest BCUT2D eigenvalue weighted by atomic mass is 9.94. The molecule has 0 saturated carbocycles. The molecule has 4 rings (SSSR count). The highest BCUT2D eigenvalue weighted by atomic mass is 79.9. The number of nitrogens with zero attached hydrogens (tertiary/aromatic N) is 3. The molecule has 8 nitrogen and oxygen atoms in total. The first kappa shape index (κ1) is 27.1. The maximum Gasteiger partial charge on any atom is 0.255 e. The van der Waals surface area contributed by atoms with Crippen molar-refractivity contribution in [3.05, 3.63) is 63.3 Å². The molecular weight excluding hydrogens is 554 g/mol. The van der Waals surface area contributed by atoms with Gasteiger partial charge in [0.25, 0.3) is 5.91 Å². The van der Waals surface area contributed by atoms with E-state index in [4.69, 9.17) is 19.6 Å². The number of carbonyl (C=O) groups is 1. The number of anilines is 2. The smallest absolute Gasteiger partial charge is 0.255 e. The van der Waals surface area contributed by atoms with E-state index in [2.05, 4.69) is 33.5 Å². The third-order valence-corrected chi connectivity index (χ3v) is 7.36. The Balaban J connectivity index is 1.84. The molecule has 1 amide bonds. The van der Waals surface area contributed by atoms with Crippen LogP contribution in [0, 0.1) is 6.92 Å². The predicted molar refractivity (Wildman–Crippen MR) is 152 cm³/mol. The Morgan fingerprint density at radius 2 is 1.95 bits per heavy atom. The topological polar surface area (TPSA) is 90.3 Å². The van der Waals surface area contributed by atoms with E-state index in [9.17, 15) is 4.79 Å². The van der Waals surface area contributed by atoms with Gasteiger partial charge < -0.3 is 20.1 Å². The van der Waals surface area contributed by atoms with Crippen molar-refractivity contribution in [2.24, 2.45) is 0 Å². The van der Waals surface area contributed by atoms with Crippen LogP contribution >= 0.6 is 27.7 Å². The molecule has 1 unspecified atom stereocenters. The molecule has 10 heteroatoms. The van der Waals surface area contributed by atoms with Gasteiger partial charge in [-0.15, -0.1) is 5.10 Å². The number of amides is 1. The summed E-state index contributed by atoms with van der Waals surface area (Å²) in [6, 6.07) is 11.1. The van der Waals surface area contributed by atoms with Gasteiger partial charge in [0.05, 0.1) is 23.3 Å². The number of nitrogens with one attached hydrogen (secondary N) is 2. The van der Waals surface area contributed by atoms with E-state index < -0.39 is 6.04 Å². The van der Waals surface area contributed by atoms with Crippen molar-refractivity contribution in [2.75, 3.05) is 29.6 Å². The van der Waals surface area contributed by atoms with E-state index >= 15 is 0 Å². The lowest BCUT2D eigenvalue weighted by Gasteiger charge is -2.29. The van der Waals surface area contributed by atoms with Crippen LogP contribution in [0.5, 0.6) is 11.5 Å². The Morgan fingerprint density at radius 1 is 1.16 bits per heavy atom. The number of thioether (sulfide) groups is 1. The number of halogens is 1. The molecule has 1 aromatic heterocycles. The Hall–Kier alpha value is -2.98. The molecule has 0 fully saturated rings. The first-order chi connectivity index (χ1) is 17.9. The van der Waals surface area contributed by atoms with Gasteiger partial charge in [-0.25, -0.2) is 4.68 Å². The van der Waals surface area contributed by atoms with E-state index in [1.165, 1.54) is 0 Å². The van der Waals surface area contributed by atoms with Crippen molar-refractivity contribution in [1.82, 2.24) is 14.8 Å². The van der Waals surface area contributed by atoms with Crippen LogP contribution in [0.25, 0.3) is 0 Å². The van der Waals surface area contributed by atoms with Crippen molar-refractivity contribution in [1.29, 1.82) is 0 Å². The van der Waals surface area contributed by atoms with Gasteiger partial charge in [0.1, 0.15) is 6.04 Å². The number of allylic oxidation sites excluding steroid dienone is 1. The van der Waals surface area contributed by atoms with Crippen LogP contribution in [0.15, 0.2) is 57.3 Å². The normalized spacial score (nSPS) is 14.7. The molecule has 2 heterocycles. The molecule has 1 atom stereocenters. The summed E-state index contributed by atoms with van der Waals surface area (Å²) in [5.41, 5.74) is 3.88. The second kappa shape index (κ2) is 12.0. The van der Waals surface area contributed by atoms with Gasteiger partial charge in [-0.3, -0.25) is 4.79 Å². The second-order valence-corrected chi connectivity index (χ2v) is 10.5. The van der Waals surface area contributed by atoms with Crippen molar-refractivity contribution in [2.45, 2.75) is 52.2 Å². The zero-order chi connectivity index (χ0) is 26.5. The molecule has 196 valence electrons. The van der Waals surface area contributed by atoms with Gasteiger partial charge in [0.15, 0.2) is 11.5 Å². The van der Waals surface area contributed by atoms with Crippen LogP contribution in [0.3, 0.4) is 0 Å². The zero-order valence-electron chi connectivity index (χ0n) is 21.7. The molecule has 0 bridgehead atoms. The number of hydrogen-bond acceptors (Lipinski definition) is 7. The molecule has 1 aliphatic rings. The van der Waals surface area contributed by atoms with Gasteiger partial charge in [-0.1, -0.05) is 30.8 Å². The lowest BCUT2D eigenvalue weighted by Crippen LogP contribution is -2.31. The minimum atomic E-state index is -0.532. The highest BCUT2D eigenvalue weighted by Gasteiger charge is 2.35. The number of ether oxygens (including phenoxy) is 2. The van der Waals surface area contributed by atoms with E-state index in [0.717, 1.165) is 33.5 Å². The molecule has 1 aliphatic heterocycles. The molecule has 0 spiro atoms. The van der Waals surface area contributed by atoms with Crippen molar-refractivity contribution >= 4 is 45.2 Å². The second-order valence-electron chi connectivity index (χ2n) is 8.60. The van der Waals surface area contributed by atoms with Gasteiger partial charge >= 0.3 is 0 Å². The number of benzene rings is 2. The van der Waals surface area contributed by atoms with E-state index in [-0.39, 0.29) is 5.91 Å². The Labute approximate surface area is 230 Å². The van der Waals surface area contributed by atoms with Crippen molar-refractivity contribution < 1.29 is 14.3 Å². The first-order valence-electron chi connectivity index (χ1n) is 12.4. The summed E-state index contributed by atoms with van der Waals surface area (Å²) >= 11 is 5.26. The van der Waals surface area contributed by atoms with Crippen molar-refractivity contribution in [3.8, 4) is 11.5 Å². The largest absolute Gasteiger partial charge is 0.490 e. The molecule has 0 radical (unpaired) electrons. The third kappa shape index (κ3) is 5.96. The van der Waals surface area contributed by atoms with Crippen LogP contribution in [0.4, 0.5) is 11.6 Å². The van der Waals surface area contributed by atoms with E-state index in [1.54, 1.807) is 16.4 Å². The fraction of sp³-hybridized carbons (Fsp3) is 0.370. The molecule has 0 saturated heterocycles. The van der Waals surface area contributed by atoms with Gasteiger partial charge in [-0.05, 0) is 85.4 Å². The van der Waals surface area contributed by atoms with Crippen LogP contribution < -0.4 is 20.1 Å². The molecule has 2 aromatic carbocycles. The standard InChI is InChI=1S/C27H32BrN5O3S/c1-6-12-37-27-31-26-29-17(5)22(25(34)30-19-11-9-10-16(4)13-19)23(33(26)32-27)18-14-20(28)24(36-8-3)21(15-18)35-7-2/h9-11,13-15,23H,6-8,12H2,1-5H3,(H,30,34)(H,29,31,32). The highest BCUT2D eigenvalue weighted by molar-refractivity contribution is 9.10. The summed E-state index contributed by atoms with van der Waals surface area (Å²) < 4.78 is 14.3. The first-order valence-corrected chi connectivity index (χ1v) is 14.2. The van der Waals surface area contributed by atoms with E-state index in [0.29, 0.717) is 47.1 Å². The highest BCUT2D eigenvalue weighted by Crippen LogP contribution is 2.43. The fourth-order valence-corrected chi connectivity index (χ4v) is 5.46.